The van der Waals surface area contributed by atoms with Gasteiger partial charge in [-0.15, -0.1) is 0 Å². The molecule has 2 aromatic rings. The first kappa shape index (κ1) is 14.9. The average Bonchev–Trinajstić information content (AvgIpc) is 2.87. The Balaban J connectivity index is 2.10. The Labute approximate surface area is 123 Å². The lowest BCUT2D eigenvalue weighted by molar-refractivity contribution is 0.402. The second kappa shape index (κ2) is 5.87. The molecule has 20 heavy (non-hydrogen) atoms. The van der Waals surface area contributed by atoms with Gasteiger partial charge in [0.25, 0.3) is 10.0 Å². The van der Waals surface area contributed by atoms with Crippen LogP contribution in [0.15, 0.2) is 45.9 Å². The molecule has 108 valence electrons. The zero-order valence-corrected chi connectivity index (χ0v) is 12.7. The zero-order valence-electron chi connectivity index (χ0n) is 11.1. The van der Waals surface area contributed by atoms with E-state index in [1.807, 2.05) is 18.2 Å². The molecular weight excluding hydrogens is 300 g/mol. The Morgan fingerprint density at radius 2 is 1.90 bits per heavy atom. The van der Waals surface area contributed by atoms with Gasteiger partial charge in [-0.05, 0) is 24.3 Å². The molecule has 2 rings (SSSR count). The van der Waals surface area contributed by atoms with Crippen LogP contribution in [0.5, 0.6) is 0 Å². The lowest BCUT2D eigenvalue weighted by Crippen LogP contribution is -2.21. The number of benzene rings is 1. The largest absolute Gasteiger partial charge is 0.446 e. The monoisotopic (exact) mass is 314 g/mol. The highest BCUT2D eigenvalue weighted by atomic mass is 35.5. The summed E-state index contributed by atoms with van der Waals surface area (Å²) in [5, 5.41) is 3.62. The second-order valence-electron chi connectivity index (χ2n) is 4.34. The number of anilines is 1. The van der Waals surface area contributed by atoms with Crippen LogP contribution in [-0.4, -0.2) is 26.8 Å². The number of hydrogen-bond donors (Lipinski definition) is 1. The van der Waals surface area contributed by atoms with Gasteiger partial charge >= 0.3 is 0 Å². The van der Waals surface area contributed by atoms with Gasteiger partial charge in [0.2, 0.25) is 5.09 Å². The maximum absolute atomic E-state index is 11.9. The zero-order chi connectivity index (χ0) is 14.8. The van der Waals surface area contributed by atoms with E-state index in [-0.39, 0.29) is 5.09 Å². The number of rotatable bonds is 5. The third-order valence-corrected chi connectivity index (χ3v) is 4.72. The first-order chi connectivity index (χ1) is 9.41. The fourth-order valence-electron chi connectivity index (χ4n) is 1.56. The summed E-state index contributed by atoms with van der Waals surface area (Å²) >= 11 is 6.01. The number of furan rings is 1. The normalized spacial score (nSPS) is 11.8. The Bertz CT molecular complexity index is 695. The standard InChI is InChI=1S/C13H15ClN2O3S/c1-16(2)20(17,18)13-8-7-10(19-13)9-15-12-6-4-3-5-11(12)14/h3-8,15H,9H2,1-2H3. The van der Waals surface area contributed by atoms with Crippen LogP contribution in [0, 0.1) is 0 Å². The van der Waals surface area contributed by atoms with Crippen LogP contribution in [0.4, 0.5) is 5.69 Å². The molecule has 0 spiro atoms. The minimum atomic E-state index is -3.53. The van der Waals surface area contributed by atoms with Crippen molar-refractivity contribution in [3.8, 4) is 0 Å². The molecule has 0 unspecified atom stereocenters. The number of nitrogens with zero attached hydrogens (tertiary/aromatic N) is 1. The number of sulfonamides is 1. The van der Waals surface area contributed by atoms with Gasteiger partial charge in [-0.1, -0.05) is 23.7 Å². The Morgan fingerprint density at radius 3 is 2.55 bits per heavy atom. The van der Waals surface area contributed by atoms with Crippen LogP contribution in [0.2, 0.25) is 5.02 Å². The van der Waals surface area contributed by atoms with E-state index in [2.05, 4.69) is 5.32 Å². The van der Waals surface area contributed by atoms with Gasteiger partial charge in [0.15, 0.2) is 0 Å². The number of hydrogen-bond acceptors (Lipinski definition) is 4. The van der Waals surface area contributed by atoms with Gasteiger partial charge in [0.05, 0.1) is 17.3 Å². The molecule has 1 aromatic carbocycles. The van der Waals surface area contributed by atoms with E-state index in [0.29, 0.717) is 17.3 Å². The summed E-state index contributed by atoms with van der Waals surface area (Å²) in [4.78, 5) is 0. The van der Waals surface area contributed by atoms with Gasteiger partial charge in [0.1, 0.15) is 5.76 Å². The Kier molecular flexibility index (Phi) is 4.37. The summed E-state index contributed by atoms with van der Waals surface area (Å²) in [6.07, 6.45) is 0. The fourth-order valence-corrected chi connectivity index (χ4v) is 2.57. The molecule has 0 fully saturated rings. The first-order valence-electron chi connectivity index (χ1n) is 5.91. The lowest BCUT2D eigenvalue weighted by atomic mass is 10.3. The molecule has 0 radical (unpaired) electrons. The molecule has 1 heterocycles. The van der Waals surface area contributed by atoms with E-state index in [1.165, 1.54) is 20.2 Å². The summed E-state index contributed by atoms with van der Waals surface area (Å²) in [5.41, 5.74) is 0.766. The van der Waals surface area contributed by atoms with Crippen LogP contribution >= 0.6 is 11.6 Å². The molecule has 1 aromatic heterocycles. The van der Waals surface area contributed by atoms with Gasteiger partial charge in [-0.2, -0.15) is 0 Å². The quantitative estimate of drug-likeness (QED) is 0.921. The maximum Gasteiger partial charge on any atom is 0.275 e. The summed E-state index contributed by atoms with van der Waals surface area (Å²) in [7, 11) is -0.619. The fraction of sp³-hybridized carbons (Fsp3) is 0.231. The van der Waals surface area contributed by atoms with E-state index in [1.54, 1.807) is 12.1 Å². The average molecular weight is 315 g/mol. The van der Waals surface area contributed by atoms with Crippen LogP contribution in [0.25, 0.3) is 0 Å². The SMILES string of the molecule is CN(C)S(=O)(=O)c1ccc(CNc2ccccc2Cl)o1. The molecule has 0 saturated carbocycles. The topological polar surface area (TPSA) is 62.6 Å². The maximum atomic E-state index is 11.9. The van der Waals surface area contributed by atoms with Crippen LogP contribution < -0.4 is 5.32 Å². The molecule has 0 aliphatic carbocycles. The van der Waals surface area contributed by atoms with E-state index in [0.717, 1.165) is 9.99 Å². The first-order valence-corrected chi connectivity index (χ1v) is 7.72. The van der Waals surface area contributed by atoms with Crippen molar-refractivity contribution in [2.24, 2.45) is 0 Å². The minimum Gasteiger partial charge on any atom is -0.446 e. The molecule has 0 aliphatic heterocycles. The molecule has 7 heteroatoms. The van der Waals surface area contributed by atoms with Gasteiger partial charge < -0.3 is 9.73 Å². The van der Waals surface area contributed by atoms with Crippen molar-refractivity contribution in [1.29, 1.82) is 0 Å². The van der Waals surface area contributed by atoms with Crippen molar-refractivity contribution < 1.29 is 12.8 Å². The molecule has 0 aliphatic rings. The Hall–Kier alpha value is -1.50. The predicted octanol–water partition coefficient (Wildman–Crippen LogP) is 2.80. The lowest BCUT2D eigenvalue weighted by Gasteiger charge is -2.08. The van der Waals surface area contributed by atoms with E-state index in [9.17, 15) is 8.42 Å². The smallest absolute Gasteiger partial charge is 0.275 e. The highest BCUT2D eigenvalue weighted by molar-refractivity contribution is 7.88. The van der Waals surface area contributed by atoms with Gasteiger partial charge in [-0.3, -0.25) is 0 Å². The summed E-state index contributed by atoms with van der Waals surface area (Å²) in [5.74, 6) is 0.519. The molecular formula is C13H15ClN2O3S. The highest BCUT2D eigenvalue weighted by Crippen LogP contribution is 2.22. The van der Waals surface area contributed by atoms with E-state index in [4.69, 9.17) is 16.0 Å². The van der Waals surface area contributed by atoms with Crippen LogP contribution in [0.1, 0.15) is 5.76 Å². The number of halogens is 1. The van der Waals surface area contributed by atoms with Crippen molar-refractivity contribution in [2.45, 2.75) is 11.6 Å². The van der Waals surface area contributed by atoms with Crippen molar-refractivity contribution in [3.05, 3.63) is 47.2 Å². The highest BCUT2D eigenvalue weighted by Gasteiger charge is 2.21. The van der Waals surface area contributed by atoms with Crippen molar-refractivity contribution in [1.82, 2.24) is 4.31 Å². The Morgan fingerprint density at radius 1 is 1.20 bits per heavy atom. The van der Waals surface area contributed by atoms with Gasteiger partial charge in [-0.25, -0.2) is 12.7 Å². The molecule has 1 N–H and O–H groups in total. The molecule has 0 atom stereocenters. The molecule has 0 saturated heterocycles. The molecule has 5 nitrogen and oxygen atoms in total. The van der Waals surface area contributed by atoms with Crippen molar-refractivity contribution >= 4 is 27.3 Å². The molecule has 0 bridgehead atoms. The third kappa shape index (κ3) is 3.15. The van der Waals surface area contributed by atoms with Crippen molar-refractivity contribution in [2.75, 3.05) is 19.4 Å². The van der Waals surface area contributed by atoms with Crippen molar-refractivity contribution in [3.63, 3.8) is 0 Å². The minimum absolute atomic E-state index is 0.0709. The van der Waals surface area contributed by atoms with E-state index >= 15 is 0 Å². The summed E-state index contributed by atoms with van der Waals surface area (Å²) in [6, 6.07) is 10.4. The van der Waals surface area contributed by atoms with E-state index < -0.39 is 10.0 Å². The number of para-hydroxylation sites is 1. The van der Waals surface area contributed by atoms with Crippen LogP contribution in [0.3, 0.4) is 0 Å². The van der Waals surface area contributed by atoms with Crippen LogP contribution in [-0.2, 0) is 16.6 Å². The molecule has 0 amide bonds. The summed E-state index contributed by atoms with van der Waals surface area (Å²) in [6.45, 7) is 0.354. The second-order valence-corrected chi connectivity index (χ2v) is 6.83. The third-order valence-electron chi connectivity index (χ3n) is 2.70. The summed E-state index contributed by atoms with van der Waals surface area (Å²) < 4.78 is 30.2. The predicted molar refractivity (Wildman–Crippen MR) is 78.4 cm³/mol. The van der Waals surface area contributed by atoms with Gasteiger partial charge in [0, 0.05) is 14.1 Å². The number of nitrogens with one attached hydrogen (secondary N) is 1.